The van der Waals surface area contributed by atoms with Crippen molar-refractivity contribution in [3.63, 3.8) is 0 Å². The van der Waals surface area contributed by atoms with Gasteiger partial charge in [0.15, 0.2) is 0 Å². The number of carbonyl (C=O) groups is 1. The Kier molecular flexibility index (Phi) is 5.51. The third-order valence-corrected chi connectivity index (χ3v) is 5.18. The fourth-order valence-corrected chi connectivity index (χ4v) is 3.87. The van der Waals surface area contributed by atoms with Crippen LogP contribution in [0.1, 0.15) is 30.4 Å². The topological polar surface area (TPSA) is 32.3 Å². The lowest BCUT2D eigenvalue weighted by Gasteiger charge is -2.35. The number of aryl methyl sites for hydroxylation is 2. The van der Waals surface area contributed by atoms with Crippen LogP contribution in [-0.4, -0.2) is 25.0 Å². The summed E-state index contributed by atoms with van der Waals surface area (Å²) in [5.41, 5.74) is 2.91. The van der Waals surface area contributed by atoms with Gasteiger partial charge in [0.1, 0.15) is 5.82 Å². The predicted molar refractivity (Wildman–Crippen MR) is 97.2 cm³/mol. The molecule has 1 atom stereocenters. The highest BCUT2D eigenvalue weighted by Crippen LogP contribution is 2.24. The van der Waals surface area contributed by atoms with E-state index >= 15 is 0 Å². The molecule has 128 valence electrons. The molecule has 1 N–H and O–H groups in total. The standard InChI is InChI=1S/C19H23FN2OS/c1-14-4-6-17(20)18(11-14)22-9-2-3-16(12-22)21-19(23)7-5-15-8-10-24-13-15/h4,6,8,10-11,13,16H,2-3,5,7,9,12H2,1H3,(H,21,23). The van der Waals surface area contributed by atoms with Gasteiger partial charge in [0.05, 0.1) is 5.69 Å². The van der Waals surface area contributed by atoms with Gasteiger partial charge in [-0.15, -0.1) is 0 Å². The molecule has 1 unspecified atom stereocenters. The van der Waals surface area contributed by atoms with Crippen LogP contribution in [0.5, 0.6) is 0 Å². The van der Waals surface area contributed by atoms with E-state index in [1.54, 1.807) is 17.4 Å². The molecule has 24 heavy (non-hydrogen) atoms. The van der Waals surface area contributed by atoms with E-state index in [4.69, 9.17) is 0 Å². The molecule has 0 saturated carbocycles. The zero-order valence-electron chi connectivity index (χ0n) is 13.9. The van der Waals surface area contributed by atoms with Crippen LogP contribution in [0.2, 0.25) is 0 Å². The Labute approximate surface area is 146 Å². The van der Waals surface area contributed by atoms with Crippen LogP contribution in [0.15, 0.2) is 35.0 Å². The summed E-state index contributed by atoms with van der Waals surface area (Å²) in [6.45, 7) is 3.47. The number of anilines is 1. The zero-order chi connectivity index (χ0) is 16.9. The summed E-state index contributed by atoms with van der Waals surface area (Å²) >= 11 is 1.65. The van der Waals surface area contributed by atoms with E-state index in [-0.39, 0.29) is 17.8 Å². The minimum absolute atomic E-state index is 0.0813. The van der Waals surface area contributed by atoms with Crippen molar-refractivity contribution in [1.82, 2.24) is 5.32 Å². The van der Waals surface area contributed by atoms with Gasteiger partial charge in [-0.1, -0.05) is 6.07 Å². The number of nitrogens with zero attached hydrogens (tertiary/aromatic N) is 1. The van der Waals surface area contributed by atoms with Gasteiger partial charge < -0.3 is 10.2 Å². The number of thiophene rings is 1. The van der Waals surface area contributed by atoms with Crippen LogP contribution >= 0.6 is 11.3 Å². The van der Waals surface area contributed by atoms with E-state index in [1.807, 2.05) is 18.4 Å². The minimum Gasteiger partial charge on any atom is -0.367 e. The molecule has 1 saturated heterocycles. The van der Waals surface area contributed by atoms with Crippen LogP contribution in [-0.2, 0) is 11.2 Å². The van der Waals surface area contributed by atoms with E-state index in [1.165, 1.54) is 11.6 Å². The number of halogens is 1. The number of hydrogen-bond donors (Lipinski definition) is 1. The average Bonchev–Trinajstić information content (AvgIpc) is 3.09. The first-order chi connectivity index (χ1) is 11.6. The second-order valence-corrected chi connectivity index (χ2v) is 7.22. The van der Waals surface area contributed by atoms with E-state index < -0.39 is 0 Å². The number of carbonyl (C=O) groups excluding carboxylic acids is 1. The molecule has 1 aliphatic rings. The van der Waals surface area contributed by atoms with Crippen LogP contribution in [0, 0.1) is 12.7 Å². The number of piperidine rings is 1. The quantitative estimate of drug-likeness (QED) is 0.890. The Morgan fingerprint density at radius 3 is 3.08 bits per heavy atom. The van der Waals surface area contributed by atoms with Crippen molar-refractivity contribution in [2.45, 2.75) is 38.6 Å². The molecule has 1 amide bonds. The summed E-state index contributed by atoms with van der Waals surface area (Å²) in [5, 5.41) is 7.23. The summed E-state index contributed by atoms with van der Waals surface area (Å²) in [6.07, 6.45) is 3.20. The van der Waals surface area contributed by atoms with Crippen molar-refractivity contribution in [2.24, 2.45) is 0 Å². The third-order valence-electron chi connectivity index (χ3n) is 4.45. The first-order valence-corrected chi connectivity index (χ1v) is 9.37. The van der Waals surface area contributed by atoms with Gasteiger partial charge >= 0.3 is 0 Å². The van der Waals surface area contributed by atoms with E-state index in [2.05, 4.69) is 21.7 Å². The van der Waals surface area contributed by atoms with Crippen molar-refractivity contribution >= 4 is 22.9 Å². The van der Waals surface area contributed by atoms with Gasteiger partial charge in [0, 0.05) is 25.6 Å². The van der Waals surface area contributed by atoms with Gasteiger partial charge in [-0.2, -0.15) is 11.3 Å². The Bertz CT molecular complexity index is 687. The molecule has 1 aromatic heterocycles. The molecule has 1 aliphatic heterocycles. The van der Waals surface area contributed by atoms with E-state index in [0.717, 1.165) is 31.4 Å². The number of nitrogens with one attached hydrogen (secondary N) is 1. The maximum Gasteiger partial charge on any atom is 0.220 e. The smallest absolute Gasteiger partial charge is 0.220 e. The lowest BCUT2D eigenvalue weighted by molar-refractivity contribution is -0.121. The van der Waals surface area contributed by atoms with Crippen LogP contribution < -0.4 is 10.2 Å². The largest absolute Gasteiger partial charge is 0.367 e. The Morgan fingerprint density at radius 1 is 1.42 bits per heavy atom. The summed E-state index contributed by atoms with van der Waals surface area (Å²) in [7, 11) is 0. The van der Waals surface area contributed by atoms with Gasteiger partial charge in [0.2, 0.25) is 5.91 Å². The average molecular weight is 346 g/mol. The van der Waals surface area contributed by atoms with Crippen molar-refractivity contribution < 1.29 is 9.18 Å². The monoisotopic (exact) mass is 346 g/mol. The molecular formula is C19H23FN2OS. The Balaban J connectivity index is 1.55. The number of amides is 1. The molecule has 3 rings (SSSR count). The van der Waals surface area contributed by atoms with Crippen LogP contribution in [0.4, 0.5) is 10.1 Å². The highest BCUT2D eigenvalue weighted by atomic mass is 32.1. The molecule has 2 heterocycles. The molecule has 1 aromatic carbocycles. The van der Waals surface area contributed by atoms with Crippen LogP contribution in [0.25, 0.3) is 0 Å². The second-order valence-electron chi connectivity index (χ2n) is 6.44. The highest BCUT2D eigenvalue weighted by molar-refractivity contribution is 7.07. The molecule has 0 aliphatic carbocycles. The summed E-state index contributed by atoms with van der Waals surface area (Å²) in [4.78, 5) is 14.2. The molecule has 0 spiro atoms. The summed E-state index contributed by atoms with van der Waals surface area (Å²) in [5.74, 6) is -0.109. The highest BCUT2D eigenvalue weighted by Gasteiger charge is 2.23. The maximum absolute atomic E-state index is 14.1. The normalized spacial score (nSPS) is 17.8. The third kappa shape index (κ3) is 4.35. The van der Waals surface area contributed by atoms with Crippen molar-refractivity contribution in [3.8, 4) is 0 Å². The number of rotatable bonds is 5. The van der Waals surface area contributed by atoms with Crippen LogP contribution in [0.3, 0.4) is 0 Å². The lowest BCUT2D eigenvalue weighted by Crippen LogP contribution is -2.48. The molecule has 5 heteroatoms. The van der Waals surface area contributed by atoms with Gasteiger partial charge in [-0.05, 0) is 66.3 Å². The molecule has 2 aromatic rings. The van der Waals surface area contributed by atoms with Gasteiger partial charge in [0.25, 0.3) is 0 Å². The Morgan fingerprint density at radius 2 is 2.29 bits per heavy atom. The first-order valence-electron chi connectivity index (χ1n) is 8.43. The first kappa shape index (κ1) is 17.0. The second kappa shape index (κ2) is 7.79. The van der Waals surface area contributed by atoms with Gasteiger partial charge in [-0.25, -0.2) is 4.39 Å². The van der Waals surface area contributed by atoms with Crippen molar-refractivity contribution in [3.05, 3.63) is 52.0 Å². The lowest BCUT2D eigenvalue weighted by atomic mass is 10.0. The van der Waals surface area contributed by atoms with Gasteiger partial charge in [-0.3, -0.25) is 4.79 Å². The number of hydrogen-bond acceptors (Lipinski definition) is 3. The Hall–Kier alpha value is -1.88. The van der Waals surface area contributed by atoms with Crippen molar-refractivity contribution in [1.29, 1.82) is 0 Å². The fourth-order valence-electron chi connectivity index (χ4n) is 3.17. The molecule has 1 fully saturated rings. The number of benzene rings is 1. The van der Waals surface area contributed by atoms with E-state index in [0.29, 0.717) is 18.7 Å². The SMILES string of the molecule is Cc1ccc(F)c(N2CCCC(NC(=O)CCc3ccsc3)C2)c1. The maximum atomic E-state index is 14.1. The van der Waals surface area contributed by atoms with E-state index in [9.17, 15) is 9.18 Å². The molecular weight excluding hydrogens is 323 g/mol. The molecule has 0 radical (unpaired) electrons. The molecule has 3 nitrogen and oxygen atoms in total. The molecule has 0 bridgehead atoms. The summed E-state index contributed by atoms with van der Waals surface area (Å²) in [6, 6.07) is 7.34. The zero-order valence-corrected chi connectivity index (χ0v) is 14.7. The van der Waals surface area contributed by atoms with Crippen molar-refractivity contribution in [2.75, 3.05) is 18.0 Å². The minimum atomic E-state index is -0.190. The predicted octanol–water partition coefficient (Wildman–Crippen LogP) is 3.91. The summed E-state index contributed by atoms with van der Waals surface area (Å²) < 4.78 is 14.1. The fraction of sp³-hybridized carbons (Fsp3) is 0.421.